The van der Waals surface area contributed by atoms with Crippen molar-refractivity contribution >= 4 is 17.7 Å². The van der Waals surface area contributed by atoms with Crippen LogP contribution in [0.4, 0.5) is 10.5 Å². The molecule has 0 aromatic heterocycles. The Morgan fingerprint density at radius 1 is 1.04 bits per heavy atom. The summed E-state index contributed by atoms with van der Waals surface area (Å²) in [6, 6.07) is 17.1. The maximum absolute atomic E-state index is 12.6. The van der Waals surface area contributed by atoms with E-state index in [1.807, 2.05) is 54.6 Å². The molecule has 1 aliphatic heterocycles. The van der Waals surface area contributed by atoms with Gasteiger partial charge in [-0.3, -0.25) is 9.69 Å². The van der Waals surface area contributed by atoms with Crippen LogP contribution in [0.15, 0.2) is 54.6 Å². The number of fused-ring (bicyclic) bond motifs is 1. The summed E-state index contributed by atoms with van der Waals surface area (Å²) in [7, 11) is 0. The van der Waals surface area contributed by atoms with Crippen molar-refractivity contribution in [3.63, 3.8) is 0 Å². The van der Waals surface area contributed by atoms with Crippen LogP contribution in [-0.2, 0) is 27.3 Å². The highest BCUT2D eigenvalue weighted by atomic mass is 16.6. The number of rotatable bonds is 4. The second-order valence-corrected chi connectivity index (χ2v) is 5.93. The standard InChI is InChI=1S/C20H21NO4/c1-2-24-19(22)17-12-16-10-6-7-11-18(16)21(13-17)20(23)25-14-15-8-4-3-5-9-15/h3-11,17H,2,12-14H2,1H3/t17-/m1/s1. The average Bonchev–Trinajstić information content (AvgIpc) is 2.66. The molecule has 2 aromatic rings. The van der Waals surface area contributed by atoms with Crippen LogP contribution in [0.2, 0.25) is 0 Å². The van der Waals surface area contributed by atoms with Gasteiger partial charge in [0, 0.05) is 6.54 Å². The molecule has 1 amide bonds. The van der Waals surface area contributed by atoms with Crippen LogP contribution in [-0.4, -0.2) is 25.2 Å². The number of nitrogens with zero attached hydrogens (tertiary/aromatic N) is 1. The minimum Gasteiger partial charge on any atom is -0.466 e. The highest BCUT2D eigenvalue weighted by Gasteiger charge is 2.33. The molecule has 0 aliphatic carbocycles. The summed E-state index contributed by atoms with van der Waals surface area (Å²) in [5.41, 5.74) is 2.66. The lowest BCUT2D eigenvalue weighted by molar-refractivity contribution is -0.147. The van der Waals surface area contributed by atoms with Crippen LogP contribution in [0.3, 0.4) is 0 Å². The SMILES string of the molecule is CCOC(=O)[C@@H]1Cc2ccccc2N(C(=O)OCc2ccccc2)C1. The number of carbonyl (C=O) groups is 2. The van der Waals surface area contributed by atoms with Crippen molar-refractivity contribution in [3.05, 3.63) is 65.7 Å². The van der Waals surface area contributed by atoms with Crippen molar-refractivity contribution in [2.75, 3.05) is 18.1 Å². The lowest BCUT2D eigenvalue weighted by Gasteiger charge is -2.32. The van der Waals surface area contributed by atoms with Crippen molar-refractivity contribution < 1.29 is 19.1 Å². The zero-order chi connectivity index (χ0) is 17.6. The number of amides is 1. The second kappa shape index (κ2) is 7.83. The number of esters is 1. The molecule has 25 heavy (non-hydrogen) atoms. The molecule has 0 saturated carbocycles. The van der Waals surface area contributed by atoms with Crippen LogP contribution < -0.4 is 4.90 Å². The van der Waals surface area contributed by atoms with Crippen LogP contribution in [0.25, 0.3) is 0 Å². The van der Waals surface area contributed by atoms with Gasteiger partial charge in [0.25, 0.3) is 0 Å². The molecule has 0 saturated heterocycles. The smallest absolute Gasteiger partial charge is 0.414 e. The predicted molar refractivity (Wildman–Crippen MR) is 94.2 cm³/mol. The van der Waals surface area contributed by atoms with E-state index in [0.29, 0.717) is 13.0 Å². The van der Waals surface area contributed by atoms with Gasteiger partial charge in [0.1, 0.15) is 6.61 Å². The van der Waals surface area contributed by atoms with Gasteiger partial charge >= 0.3 is 12.1 Å². The fourth-order valence-corrected chi connectivity index (χ4v) is 2.98. The maximum Gasteiger partial charge on any atom is 0.414 e. The van der Waals surface area contributed by atoms with Crippen molar-refractivity contribution in [2.24, 2.45) is 5.92 Å². The summed E-state index contributed by atoms with van der Waals surface area (Å²) in [4.78, 5) is 26.3. The molecule has 1 atom stereocenters. The first-order valence-electron chi connectivity index (χ1n) is 8.41. The molecule has 0 fully saturated rings. The fourth-order valence-electron chi connectivity index (χ4n) is 2.98. The molecule has 0 N–H and O–H groups in total. The van der Waals surface area contributed by atoms with Crippen molar-refractivity contribution in [1.29, 1.82) is 0 Å². The average molecular weight is 339 g/mol. The third-order valence-electron chi connectivity index (χ3n) is 4.20. The summed E-state index contributed by atoms with van der Waals surface area (Å²) in [6.45, 7) is 2.57. The number of anilines is 1. The second-order valence-electron chi connectivity index (χ2n) is 5.93. The third-order valence-corrected chi connectivity index (χ3v) is 4.20. The Bertz CT molecular complexity index is 744. The molecule has 2 aromatic carbocycles. The number of carbonyl (C=O) groups excluding carboxylic acids is 2. The van der Waals surface area contributed by atoms with Gasteiger partial charge in [-0.1, -0.05) is 48.5 Å². The number of para-hydroxylation sites is 1. The van der Waals surface area contributed by atoms with E-state index in [-0.39, 0.29) is 25.0 Å². The summed E-state index contributed by atoms with van der Waals surface area (Å²) < 4.78 is 10.6. The monoisotopic (exact) mass is 339 g/mol. The predicted octanol–water partition coefficient (Wildman–Crippen LogP) is 3.57. The van der Waals surface area contributed by atoms with Crippen LogP contribution in [0, 0.1) is 5.92 Å². The van der Waals surface area contributed by atoms with Crippen molar-refractivity contribution in [1.82, 2.24) is 0 Å². The number of ether oxygens (including phenoxy) is 2. The van der Waals surface area contributed by atoms with E-state index >= 15 is 0 Å². The van der Waals surface area contributed by atoms with Gasteiger partial charge in [-0.2, -0.15) is 0 Å². The molecule has 130 valence electrons. The summed E-state index contributed by atoms with van der Waals surface area (Å²) in [6.07, 6.45) is 0.114. The Hall–Kier alpha value is -2.82. The third kappa shape index (κ3) is 3.99. The highest BCUT2D eigenvalue weighted by Crippen LogP contribution is 2.30. The molecule has 0 radical (unpaired) electrons. The van der Waals surface area contributed by atoms with Crippen LogP contribution in [0.1, 0.15) is 18.1 Å². The lowest BCUT2D eigenvalue weighted by Crippen LogP contribution is -2.43. The zero-order valence-corrected chi connectivity index (χ0v) is 14.2. The normalized spacial score (nSPS) is 16.0. The van der Waals surface area contributed by atoms with Crippen molar-refractivity contribution in [3.8, 4) is 0 Å². The number of benzene rings is 2. The molecule has 5 nitrogen and oxygen atoms in total. The van der Waals surface area contributed by atoms with Gasteiger partial charge < -0.3 is 9.47 Å². The molecular weight excluding hydrogens is 318 g/mol. The molecular formula is C20H21NO4. The Balaban J connectivity index is 1.76. The number of hydrogen-bond donors (Lipinski definition) is 0. The first-order valence-corrected chi connectivity index (χ1v) is 8.41. The van der Waals surface area contributed by atoms with Gasteiger partial charge in [0.15, 0.2) is 0 Å². The minimum atomic E-state index is -0.453. The van der Waals surface area contributed by atoms with Crippen LogP contribution in [0.5, 0.6) is 0 Å². The fraction of sp³-hybridized carbons (Fsp3) is 0.300. The Kier molecular flexibility index (Phi) is 5.33. The Labute approximate surface area is 147 Å². The Morgan fingerprint density at radius 2 is 1.76 bits per heavy atom. The van der Waals surface area contributed by atoms with E-state index in [9.17, 15) is 9.59 Å². The van der Waals surface area contributed by atoms with Gasteiger partial charge in [-0.15, -0.1) is 0 Å². The van der Waals surface area contributed by atoms with Gasteiger partial charge in [-0.05, 0) is 30.5 Å². The summed E-state index contributed by atoms with van der Waals surface area (Å²) in [5, 5.41) is 0. The van der Waals surface area contributed by atoms with E-state index in [1.165, 1.54) is 4.90 Å². The van der Waals surface area contributed by atoms with Gasteiger partial charge in [0.05, 0.1) is 18.2 Å². The largest absolute Gasteiger partial charge is 0.466 e. The topological polar surface area (TPSA) is 55.8 Å². The van der Waals surface area contributed by atoms with E-state index in [4.69, 9.17) is 9.47 Å². The van der Waals surface area contributed by atoms with Gasteiger partial charge in [-0.25, -0.2) is 4.79 Å². The minimum absolute atomic E-state index is 0.197. The summed E-state index contributed by atoms with van der Waals surface area (Å²) >= 11 is 0. The first kappa shape index (κ1) is 17.0. The van der Waals surface area contributed by atoms with Crippen molar-refractivity contribution in [2.45, 2.75) is 20.0 Å². The molecule has 3 rings (SSSR count). The zero-order valence-electron chi connectivity index (χ0n) is 14.2. The van der Waals surface area contributed by atoms with E-state index < -0.39 is 6.09 Å². The molecule has 5 heteroatoms. The molecule has 0 spiro atoms. The lowest BCUT2D eigenvalue weighted by atomic mass is 9.93. The molecule has 0 bridgehead atoms. The van der Waals surface area contributed by atoms with E-state index in [1.54, 1.807) is 6.92 Å². The molecule has 0 unspecified atom stereocenters. The Morgan fingerprint density at radius 3 is 2.52 bits per heavy atom. The van der Waals surface area contributed by atoms with Gasteiger partial charge in [0.2, 0.25) is 0 Å². The molecule has 1 heterocycles. The summed E-state index contributed by atoms with van der Waals surface area (Å²) in [5.74, 6) is -0.656. The van der Waals surface area contributed by atoms with E-state index in [0.717, 1.165) is 16.8 Å². The quantitative estimate of drug-likeness (QED) is 0.799. The maximum atomic E-state index is 12.6. The van der Waals surface area contributed by atoms with Crippen LogP contribution >= 0.6 is 0 Å². The first-order chi connectivity index (χ1) is 12.2. The highest BCUT2D eigenvalue weighted by molar-refractivity contribution is 5.91. The molecule has 1 aliphatic rings. The van der Waals surface area contributed by atoms with E-state index in [2.05, 4.69) is 0 Å². The number of hydrogen-bond acceptors (Lipinski definition) is 4.